The van der Waals surface area contributed by atoms with Crippen LogP contribution in [0.25, 0.3) is 11.0 Å². The molecule has 0 saturated carbocycles. The number of nitrogens with two attached hydrogens (primary N) is 1. The van der Waals surface area contributed by atoms with Crippen molar-refractivity contribution in [2.24, 2.45) is 5.73 Å². The van der Waals surface area contributed by atoms with Gasteiger partial charge in [-0.15, -0.1) is 0 Å². The van der Waals surface area contributed by atoms with E-state index in [-0.39, 0.29) is 6.61 Å². The zero-order chi connectivity index (χ0) is 12.4. The third-order valence-electron chi connectivity index (χ3n) is 3.02. The average Bonchev–Trinajstić information content (AvgIpc) is 2.67. The third-order valence-corrected chi connectivity index (χ3v) is 3.02. The lowest BCUT2D eigenvalue weighted by molar-refractivity contribution is 0.276. The maximum Gasteiger partial charge on any atom is 0.123 e. The van der Waals surface area contributed by atoms with Gasteiger partial charge in [0.05, 0.1) is 24.2 Å². The molecule has 4 heteroatoms. The van der Waals surface area contributed by atoms with Crippen molar-refractivity contribution in [3.8, 4) is 0 Å². The van der Waals surface area contributed by atoms with Crippen LogP contribution in [-0.2, 0) is 13.1 Å². The fourth-order valence-corrected chi connectivity index (χ4v) is 2.06. The second kappa shape index (κ2) is 4.85. The number of aliphatic hydroxyl groups excluding tert-OH is 1. The van der Waals surface area contributed by atoms with Crippen molar-refractivity contribution in [3.05, 3.63) is 29.6 Å². The van der Waals surface area contributed by atoms with Crippen molar-refractivity contribution in [2.75, 3.05) is 6.61 Å². The van der Waals surface area contributed by atoms with Gasteiger partial charge in [0.2, 0.25) is 0 Å². The van der Waals surface area contributed by atoms with Crippen LogP contribution in [0.5, 0.6) is 0 Å². The van der Waals surface area contributed by atoms with Gasteiger partial charge in [-0.3, -0.25) is 0 Å². The summed E-state index contributed by atoms with van der Waals surface area (Å²) in [6.07, 6.45) is 0. The van der Waals surface area contributed by atoms with Crippen molar-refractivity contribution in [3.63, 3.8) is 0 Å². The molecule has 0 amide bonds. The molecule has 0 aliphatic carbocycles. The molecule has 92 valence electrons. The molecule has 0 spiro atoms. The molecule has 3 N–H and O–H groups in total. The summed E-state index contributed by atoms with van der Waals surface area (Å²) in [7, 11) is 0. The standard InChI is InChI=1S/C13H19N3O/c1-9(2)10-3-4-12-11(7-10)15-13(8-14)16(12)5-6-17/h3-4,7,9,17H,5-6,8,14H2,1-2H3. The lowest BCUT2D eigenvalue weighted by Gasteiger charge is -2.07. The SMILES string of the molecule is CC(C)c1ccc2c(c1)nc(CN)n2CCO. The highest BCUT2D eigenvalue weighted by Crippen LogP contribution is 2.22. The van der Waals surface area contributed by atoms with Crippen LogP contribution < -0.4 is 5.73 Å². The van der Waals surface area contributed by atoms with Gasteiger partial charge in [0.1, 0.15) is 5.82 Å². The van der Waals surface area contributed by atoms with Gasteiger partial charge in [0.15, 0.2) is 0 Å². The first-order chi connectivity index (χ1) is 8.17. The van der Waals surface area contributed by atoms with Gasteiger partial charge in [-0.05, 0) is 23.6 Å². The van der Waals surface area contributed by atoms with Crippen LogP contribution in [0.2, 0.25) is 0 Å². The maximum atomic E-state index is 9.07. The van der Waals surface area contributed by atoms with Crippen LogP contribution in [0.3, 0.4) is 0 Å². The van der Waals surface area contributed by atoms with Crippen LogP contribution in [0.15, 0.2) is 18.2 Å². The summed E-state index contributed by atoms with van der Waals surface area (Å²) in [6, 6.07) is 6.28. The highest BCUT2D eigenvalue weighted by molar-refractivity contribution is 5.77. The molecule has 17 heavy (non-hydrogen) atoms. The van der Waals surface area contributed by atoms with Gasteiger partial charge in [-0.1, -0.05) is 19.9 Å². The first-order valence-corrected chi connectivity index (χ1v) is 5.97. The predicted molar refractivity (Wildman–Crippen MR) is 68.8 cm³/mol. The Balaban J connectivity index is 2.57. The zero-order valence-electron chi connectivity index (χ0n) is 10.3. The highest BCUT2D eigenvalue weighted by atomic mass is 16.3. The molecule has 1 aromatic heterocycles. The Hall–Kier alpha value is -1.39. The quantitative estimate of drug-likeness (QED) is 0.843. The lowest BCUT2D eigenvalue weighted by atomic mass is 10.0. The molecule has 0 bridgehead atoms. The first-order valence-electron chi connectivity index (χ1n) is 5.97. The summed E-state index contributed by atoms with van der Waals surface area (Å²) in [5.41, 5.74) is 8.96. The van der Waals surface area contributed by atoms with Crippen molar-refractivity contribution < 1.29 is 5.11 Å². The van der Waals surface area contributed by atoms with E-state index in [0.717, 1.165) is 16.9 Å². The Kier molecular flexibility index (Phi) is 3.45. The monoisotopic (exact) mass is 233 g/mol. The van der Waals surface area contributed by atoms with Gasteiger partial charge >= 0.3 is 0 Å². The second-order valence-electron chi connectivity index (χ2n) is 4.51. The number of benzene rings is 1. The Morgan fingerprint density at radius 1 is 1.41 bits per heavy atom. The summed E-state index contributed by atoms with van der Waals surface area (Å²) in [5, 5.41) is 9.07. The second-order valence-corrected chi connectivity index (χ2v) is 4.51. The summed E-state index contributed by atoms with van der Waals surface area (Å²) in [4.78, 5) is 4.52. The normalized spacial score (nSPS) is 11.6. The van der Waals surface area contributed by atoms with E-state index in [9.17, 15) is 0 Å². The molecule has 0 aliphatic heterocycles. The number of imidazole rings is 1. The smallest absolute Gasteiger partial charge is 0.123 e. The van der Waals surface area contributed by atoms with Crippen LogP contribution in [0.4, 0.5) is 0 Å². The van der Waals surface area contributed by atoms with Crippen molar-refractivity contribution >= 4 is 11.0 Å². The van der Waals surface area contributed by atoms with Gasteiger partial charge in [0, 0.05) is 6.54 Å². The first kappa shape index (κ1) is 12.1. The molecule has 0 unspecified atom stereocenters. The van der Waals surface area contributed by atoms with E-state index in [4.69, 9.17) is 10.8 Å². The Morgan fingerprint density at radius 2 is 2.18 bits per heavy atom. The molecule has 1 heterocycles. The Morgan fingerprint density at radius 3 is 2.76 bits per heavy atom. The predicted octanol–water partition coefficient (Wildman–Crippen LogP) is 1.61. The van der Waals surface area contributed by atoms with Gasteiger partial charge in [0.25, 0.3) is 0 Å². The molecule has 1 aromatic carbocycles. The molecular formula is C13H19N3O. The minimum atomic E-state index is 0.102. The summed E-state index contributed by atoms with van der Waals surface area (Å²) in [6.45, 7) is 5.37. The minimum Gasteiger partial charge on any atom is -0.395 e. The van der Waals surface area contributed by atoms with Gasteiger partial charge < -0.3 is 15.4 Å². The van der Waals surface area contributed by atoms with Crippen LogP contribution >= 0.6 is 0 Å². The minimum absolute atomic E-state index is 0.102. The summed E-state index contributed by atoms with van der Waals surface area (Å²) in [5.74, 6) is 1.32. The Bertz CT molecular complexity index is 517. The third kappa shape index (κ3) is 2.18. The van der Waals surface area contributed by atoms with Crippen molar-refractivity contribution in [1.29, 1.82) is 0 Å². The van der Waals surface area contributed by atoms with E-state index in [0.29, 0.717) is 19.0 Å². The molecule has 2 rings (SSSR count). The summed E-state index contributed by atoms with van der Waals surface area (Å²) < 4.78 is 1.99. The van der Waals surface area contributed by atoms with Crippen molar-refractivity contribution in [2.45, 2.75) is 32.9 Å². The average molecular weight is 233 g/mol. The largest absolute Gasteiger partial charge is 0.395 e. The van der Waals surface area contributed by atoms with Crippen LogP contribution in [0, 0.1) is 0 Å². The Labute approximate surface area is 101 Å². The summed E-state index contributed by atoms with van der Waals surface area (Å²) >= 11 is 0. The maximum absolute atomic E-state index is 9.07. The van der Waals surface area contributed by atoms with E-state index in [2.05, 4.69) is 37.0 Å². The van der Waals surface area contributed by atoms with E-state index in [1.807, 2.05) is 4.57 Å². The number of hydrogen-bond acceptors (Lipinski definition) is 3. The van der Waals surface area contributed by atoms with Crippen LogP contribution in [-0.4, -0.2) is 21.3 Å². The fourth-order valence-electron chi connectivity index (χ4n) is 2.06. The fraction of sp³-hybridized carbons (Fsp3) is 0.462. The van der Waals surface area contributed by atoms with E-state index >= 15 is 0 Å². The van der Waals surface area contributed by atoms with E-state index < -0.39 is 0 Å². The number of fused-ring (bicyclic) bond motifs is 1. The molecule has 2 aromatic rings. The number of aliphatic hydroxyl groups is 1. The highest BCUT2D eigenvalue weighted by Gasteiger charge is 2.10. The molecule has 0 radical (unpaired) electrons. The van der Waals surface area contributed by atoms with Gasteiger partial charge in [-0.2, -0.15) is 0 Å². The molecule has 0 atom stereocenters. The number of hydrogen-bond donors (Lipinski definition) is 2. The van der Waals surface area contributed by atoms with Crippen molar-refractivity contribution in [1.82, 2.24) is 9.55 Å². The lowest BCUT2D eigenvalue weighted by Crippen LogP contribution is -2.10. The molecule has 4 nitrogen and oxygen atoms in total. The van der Waals surface area contributed by atoms with E-state index in [1.165, 1.54) is 5.56 Å². The molecule has 0 aliphatic rings. The van der Waals surface area contributed by atoms with Crippen LogP contribution in [0.1, 0.15) is 31.2 Å². The van der Waals surface area contributed by atoms with E-state index in [1.54, 1.807) is 0 Å². The van der Waals surface area contributed by atoms with Gasteiger partial charge in [-0.25, -0.2) is 4.98 Å². The zero-order valence-corrected chi connectivity index (χ0v) is 10.3. The number of rotatable bonds is 4. The topological polar surface area (TPSA) is 64.1 Å². The number of nitrogens with zero attached hydrogens (tertiary/aromatic N) is 2. The molecule has 0 fully saturated rings. The molecule has 0 saturated heterocycles. The molecular weight excluding hydrogens is 214 g/mol. The number of aromatic nitrogens is 2.